The summed E-state index contributed by atoms with van der Waals surface area (Å²) < 4.78 is 0. The molecule has 0 saturated heterocycles. The number of carbonyl (C=O) groups is 1. The first kappa shape index (κ1) is 7.08. The molecule has 6 nitrogen and oxygen atoms in total. The van der Waals surface area contributed by atoms with Crippen LogP contribution in [0.5, 0.6) is 0 Å². The molecule has 0 saturated carbocycles. The highest BCUT2D eigenvalue weighted by atomic mass is 16.1. The van der Waals surface area contributed by atoms with E-state index in [1.807, 2.05) is 0 Å². The Morgan fingerprint density at radius 1 is 1.73 bits per heavy atom. The van der Waals surface area contributed by atoms with Crippen LogP contribution in [0.3, 0.4) is 0 Å². The number of aromatic amines is 1. The van der Waals surface area contributed by atoms with Crippen molar-refractivity contribution >= 4 is 11.9 Å². The second-order valence-electron chi connectivity index (χ2n) is 1.82. The molecule has 1 heterocycles. The molecule has 0 fully saturated rings. The molecule has 1 amide bonds. The van der Waals surface area contributed by atoms with Crippen LogP contribution < -0.4 is 11.5 Å². The number of anilines is 1. The Bertz CT molecular complexity index is 333. The van der Waals surface area contributed by atoms with Gasteiger partial charge >= 0.3 is 0 Å². The summed E-state index contributed by atoms with van der Waals surface area (Å²) in [4.78, 5) is 16.4. The van der Waals surface area contributed by atoms with E-state index in [1.54, 1.807) is 6.07 Å². The van der Waals surface area contributed by atoms with Gasteiger partial charge in [-0.1, -0.05) is 0 Å². The van der Waals surface area contributed by atoms with Gasteiger partial charge in [-0.25, -0.2) is 4.98 Å². The fourth-order valence-corrected chi connectivity index (χ4v) is 0.651. The van der Waals surface area contributed by atoms with E-state index in [9.17, 15) is 4.79 Å². The van der Waals surface area contributed by atoms with Crippen LogP contribution in [0.2, 0.25) is 0 Å². The van der Waals surface area contributed by atoms with Crippen molar-refractivity contribution < 1.29 is 4.79 Å². The number of H-pyrrole nitrogens is 1. The van der Waals surface area contributed by atoms with Crippen LogP contribution in [0.4, 0.5) is 5.95 Å². The normalized spacial score (nSPS) is 9.00. The van der Waals surface area contributed by atoms with Crippen LogP contribution >= 0.6 is 0 Å². The second-order valence-corrected chi connectivity index (χ2v) is 1.82. The molecule has 1 aromatic rings. The summed E-state index contributed by atoms with van der Waals surface area (Å²) in [6, 6.07) is 1.67. The molecule has 0 unspecified atom stereocenters. The van der Waals surface area contributed by atoms with E-state index in [-0.39, 0.29) is 17.3 Å². The minimum Gasteiger partial charge on any atom is -0.369 e. The molecule has 0 aliphatic rings. The molecule has 0 aliphatic carbocycles. The number of hydrogen-bond donors (Lipinski definition) is 3. The number of carbonyl (C=O) groups excluding carboxylic acids is 1. The van der Waals surface area contributed by atoms with E-state index in [0.717, 1.165) is 0 Å². The van der Waals surface area contributed by atoms with Crippen molar-refractivity contribution in [1.29, 1.82) is 5.26 Å². The predicted octanol–water partition coefficient (Wildman–Crippen LogP) is -1.04. The number of aromatic nitrogens is 2. The zero-order valence-electron chi connectivity index (χ0n) is 5.46. The molecule has 1 aromatic heterocycles. The molecular formula is C5H5N5O. The molecule has 5 N–H and O–H groups in total. The number of imidazole rings is 1. The highest BCUT2D eigenvalue weighted by molar-refractivity contribution is 5.93. The Labute approximate surface area is 61.8 Å². The Kier molecular flexibility index (Phi) is 1.48. The van der Waals surface area contributed by atoms with Gasteiger partial charge in [0.2, 0.25) is 0 Å². The molecule has 0 aromatic carbocycles. The molecule has 0 atom stereocenters. The number of nitrogens with one attached hydrogen (secondary N) is 1. The first-order valence-electron chi connectivity index (χ1n) is 2.70. The standard InChI is InChI=1S/C5H5N5O/c6-1-2-3(4(7)11)10-5(8)9-2/h(H2,7,11)(H3,8,9,10). The van der Waals surface area contributed by atoms with Crippen molar-refractivity contribution in [3.8, 4) is 6.07 Å². The van der Waals surface area contributed by atoms with Gasteiger partial charge in [0, 0.05) is 0 Å². The lowest BCUT2D eigenvalue weighted by molar-refractivity contribution is 0.0996. The molecule has 0 radical (unpaired) electrons. The van der Waals surface area contributed by atoms with Crippen molar-refractivity contribution in [1.82, 2.24) is 9.97 Å². The van der Waals surface area contributed by atoms with Crippen molar-refractivity contribution in [2.75, 3.05) is 5.73 Å². The number of nitrogen functional groups attached to an aromatic ring is 1. The maximum absolute atomic E-state index is 10.5. The Morgan fingerprint density at radius 2 is 2.36 bits per heavy atom. The summed E-state index contributed by atoms with van der Waals surface area (Å²) in [5.41, 5.74) is 9.93. The van der Waals surface area contributed by atoms with Gasteiger partial charge in [-0.2, -0.15) is 5.26 Å². The quantitative estimate of drug-likeness (QED) is 0.474. The Balaban J connectivity index is 3.26. The number of nitriles is 1. The van der Waals surface area contributed by atoms with Crippen LogP contribution in [0.15, 0.2) is 0 Å². The van der Waals surface area contributed by atoms with Crippen LogP contribution in [0, 0.1) is 11.3 Å². The average Bonchev–Trinajstić information content (AvgIpc) is 2.30. The maximum Gasteiger partial charge on any atom is 0.268 e. The van der Waals surface area contributed by atoms with E-state index in [4.69, 9.17) is 16.7 Å². The molecule has 6 heteroatoms. The third-order valence-electron chi connectivity index (χ3n) is 1.07. The SMILES string of the molecule is N#Cc1nc(N)[nH]c1C(N)=O. The lowest BCUT2D eigenvalue weighted by atomic mass is 10.3. The number of nitrogens with zero attached hydrogens (tertiary/aromatic N) is 2. The lowest BCUT2D eigenvalue weighted by Crippen LogP contribution is -2.13. The number of rotatable bonds is 1. The fourth-order valence-electron chi connectivity index (χ4n) is 0.651. The highest BCUT2D eigenvalue weighted by Gasteiger charge is 2.11. The maximum atomic E-state index is 10.5. The van der Waals surface area contributed by atoms with E-state index in [0.29, 0.717) is 0 Å². The molecule has 0 aliphatic heterocycles. The average molecular weight is 151 g/mol. The van der Waals surface area contributed by atoms with Gasteiger partial charge in [-0.15, -0.1) is 0 Å². The summed E-state index contributed by atoms with van der Waals surface area (Å²) in [7, 11) is 0. The number of hydrogen-bond acceptors (Lipinski definition) is 4. The molecule has 0 spiro atoms. The van der Waals surface area contributed by atoms with Gasteiger partial charge in [0.05, 0.1) is 0 Å². The number of primary amides is 1. The fraction of sp³-hybridized carbons (Fsp3) is 0. The van der Waals surface area contributed by atoms with Gasteiger partial charge in [0.1, 0.15) is 11.8 Å². The topological polar surface area (TPSA) is 122 Å². The van der Waals surface area contributed by atoms with Gasteiger partial charge in [0.15, 0.2) is 11.6 Å². The Hall–Kier alpha value is -2.03. The monoisotopic (exact) mass is 151 g/mol. The lowest BCUT2D eigenvalue weighted by Gasteiger charge is -1.85. The first-order chi connectivity index (χ1) is 5.15. The van der Waals surface area contributed by atoms with Crippen LogP contribution in [-0.2, 0) is 0 Å². The zero-order valence-corrected chi connectivity index (χ0v) is 5.46. The first-order valence-corrected chi connectivity index (χ1v) is 2.70. The molecule has 56 valence electrons. The highest BCUT2D eigenvalue weighted by Crippen LogP contribution is 2.04. The van der Waals surface area contributed by atoms with Crippen LogP contribution in [0.25, 0.3) is 0 Å². The van der Waals surface area contributed by atoms with Crippen LogP contribution in [0.1, 0.15) is 16.2 Å². The minimum atomic E-state index is -0.745. The molecular weight excluding hydrogens is 146 g/mol. The van der Waals surface area contributed by atoms with Gasteiger partial charge in [-0.05, 0) is 0 Å². The summed E-state index contributed by atoms with van der Waals surface area (Å²) in [5, 5.41) is 8.38. The third-order valence-corrected chi connectivity index (χ3v) is 1.07. The van der Waals surface area contributed by atoms with Gasteiger partial charge in [-0.3, -0.25) is 4.79 Å². The van der Waals surface area contributed by atoms with E-state index >= 15 is 0 Å². The van der Waals surface area contributed by atoms with Crippen molar-refractivity contribution in [2.24, 2.45) is 5.73 Å². The minimum absolute atomic E-state index is 0.00958. The zero-order chi connectivity index (χ0) is 8.43. The third kappa shape index (κ3) is 1.11. The van der Waals surface area contributed by atoms with Crippen molar-refractivity contribution in [3.05, 3.63) is 11.4 Å². The van der Waals surface area contributed by atoms with E-state index < -0.39 is 5.91 Å². The summed E-state index contributed by atoms with van der Waals surface area (Å²) in [6.07, 6.45) is 0. The molecule has 0 bridgehead atoms. The van der Waals surface area contributed by atoms with Gasteiger partial charge < -0.3 is 16.5 Å². The summed E-state index contributed by atoms with van der Waals surface area (Å²) in [5.74, 6) is -0.735. The Morgan fingerprint density at radius 3 is 2.73 bits per heavy atom. The summed E-state index contributed by atoms with van der Waals surface area (Å²) >= 11 is 0. The van der Waals surface area contributed by atoms with Gasteiger partial charge in [0.25, 0.3) is 5.91 Å². The molecule has 11 heavy (non-hydrogen) atoms. The predicted molar refractivity (Wildman–Crippen MR) is 36.2 cm³/mol. The number of amides is 1. The van der Waals surface area contributed by atoms with Crippen LogP contribution in [-0.4, -0.2) is 15.9 Å². The largest absolute Gasteiger partial charge is 0.369 e. The molecule has 1 rings (SSSR count). The van der Waals surface area contributed by atoms with Crippen molar-refractivity contribution in [3.63, 3.8) is 0 Å². The second kappa shape index (κ2) is 2.30. The van der Waals surface area contributed by atoms with Crippen molar-refractivity contribution in [2.45, 2.75) is 0 Å². The number of nitrogens with two attached hydrogens (primary N) is 2. The summed E-state index contributed by atoms with van der Waals surface area (Å²) in [6.45, 7) is 0. The van der Waals surface area contributed by atoms with E-state index in [1.165, 1.54) is 0 Å². The van der Waals surface area contributed by atoms with E-state index in [2.05, 4.69) is 9.97 Å². The smallest absolute Gasteiger partial charge is 0.268 e.